The van der Waals surface area contributed by atoms with Crippen LogP contribution in [0.3, 0.4) is 0 Å². The molecule has 0 aliphatic carbocycles. The Morgan fingerprint density at radius 3 is 2.42 bits per heavy atom. The number of hydrogen-bond donors (Lipinski definition) is 2. The summed E-state index contributed by atoms with van der Waals surface area (Å²) in [5.41, 5.74) is 1.18. The van der Waals surface area contributed by atoms with E-state index in [2.05, 4.69) is 5.32 Å². The van der Waals surface area contributed by atoms with Crippen molar-refractivity contribution in [2.75, 3.05) is 6.61 Å². The van der Waals surface area contributed by atoms with E-state index >= 15 is 0 Å². The van der Waals surface area contributed by atoms with Crippen LogP contribution in [0.25, 0.3) is 0 Å². The van der Waals surface area contributed by atoms with Crippen LogP contribution in [0.4, 0.5) is 0 Å². The summed E-state index contributed by atoms with van der Waals surface area (Å²) in [6, 6.07) is 8.25. The summed E-state index contributed by atoms with van der Waals surface area (Å²) < 4.78 is 9.66. The van der Waals surface area contributed by atoms with Crippen molar-refractivity contribution in [3.05, 3.63) is 47.7 Å². The molecular formula is C18H24NNaO6. The average molecular weight is 373 g/mol. The number of esters is 2. The number of carboxylic acid groups (broad SMARTS) is 1. The van der Waals surface area contributed by atoms with Gasteiger partial charge in [-0.05, 0) is 26.3 Å². The van der Waals surface area contributed by atoms with Crippen molar-refractivity contribution in [2.24, 2.45) is 0 Å². The molecule has 2 atom stereocenters. The standard InChI is InChI=1S/C18H23NO6.Na.H/c1-4-24-18(23)13(3)25-16(20)10-12(2)19-15(17(21)22)11-14-8-6-5-7-9-14;;/h5-10,13,15,19H,4,11H2,1-3H3,(H,21,22);;/q;+1;-1/b12-10+;;/t13?,15-;;/m0../s1. The molecular weight excluding hydrogens is 349 g/mol. The van der Waals surface area contributed by atoms with Crippen molar-refractivity contribution in [1.29, 1.82) is 0 Å². The van der Waals surface area contributed by atoms with Crippen molar-refractivity contribution >= 4 is 17.9 Å². The number of aliphatic carboxylic acids is 1. The van der Waals surface area contributed by atoms with E-state index in [-0.39, 0.29) is 44.0 Å². The van der Waals surface area contributed by atoms with Crippen molar-refractivity contribution < 1.29 is 59.9 Å². The van der Waals surface area contributed by atoms with E-state index in [0.29, 0.717) is 5.70 Å². The molecule has 138 valence electrons. The van der Waals surface area contributed by atoms with Crippen molar-refractivity contribution in [1.82, 2.24) is 5.32 Å². The van der Waals surface area contributed by atoms with Crippen LogP contribution in [-0.4, -0.2) is 41.8 Å². The van der Waals surface area contributed by atoms with E-state index in [1.807, 2.05) is 30.3 Å². The fourth-order valence-corrected chi connectivity index (χ4v) is 2.06. The number of nitrogens with one attached hydrogen (secondary N) is 1. The van der Waals surface area contributed by atoms with Crippen LogP contribution >= 0.6 is 0 Å². The molecule has 2 N–H and O–H groups in total. The second-order valence-corrected chi connectivity index (χ2v) is 5.38. The molecule has 0 radical (unpaired) electrons. The van der Waals surface area contributed by atoms with Gasteiger partial charge in [-0.25, -0.2) is 14.4 Å². The minimum Gasteiger partial charge on any atom is -1.00 e. The molecule has 1 unspecified atom stereocenters. The number of allylic oxidation sites excluding steroid dienone is 1. The van der Waals surface area contributed by atoms with Crippen LogP contribution in [0.15, 0.2) is 42.1 Å². The number of carbonyl (C=O) groups is 3. The van der Waals surface area contributed by atoms with Gasteiger partial charge in [-0.3, -0.25) is 0 Å². The topological polar surface area (TPSA) is 102 Å². The van der Waals surface area contributed by atoms with Gasteiger partial charge in [0.25, 0.3) is 0 Å². The van der Waals surface area contributed by atoms with Gasteiger partial charge < -0.3 is 21.3 Å². The normalized spacial score (nSPS) is 13.0. The van der Waals surface area contributed by atoms with E-state index < -0.39 is 30.1 Å². The maximum absolute atomic E-state index is 11.8. The molecule has 0 amide bonds. The summed E-state index contributed by atoms with van der Waals surface area (Å²) in [6.45, 7) is 4.80. The number of carboxylic acids is 1. The third kappa shape index (κ3) is 9.03. The maximum Gasteiger partial charge on any atom is 1.00 e. The summed E-state index contributed by atoms with van der Waals surface area (Å²) in [6.07, 6.45) is 0.336. The third-order valence-electron chi connectivity index (χ3n) is 3.23. The minimum absolute atomic E-state index is 0. The molecule has 0 bridgehead atoms. The van der Waals surface area contributed by atoms with Gasteiger partial charge in [-0.2, -0.15) is 0 Å². The van der Waals surface area contributed by atoms with E-state index in [1.54, 1.807) is 13.8 Å². The molecule has 0 heterocycles. The predicted octanol–water partition coefficient (Wildman–Crippen LogP) is -1.21. The Morgan fingerprint density at radius 1 is 1.27 bits per heavy atom. The first-order valence-electron chi connectivity index (χ1n) is 7.92. The van der Waals surface area contributed by atoms with E-state index in [4.69, 9.17) is 9.47 Å². The summed E-state index contributed by atoms with van der Waals surface area (Å²) in [4.78, 5) is 34.6. The summed E-state index contributed by atoms with van der Waals surface area (Å²) in [5.74, 6) is -2.43. The fraction of sp³-hybridized carbons (Fsp3) is 0.389. The van der Waals surface area contributed by atoms with Crippen LogP contribution in [-0.2, 0) is 30.3 Å². The molecule has 0 saturated heterocycles. The van der Waals surface area contributed by atoms with Gasteiger partial charge >= 0.3 is 47.5 Å². The minimum atomic E-state index is -1.04. The monoisotopic (exact) mass is 373 g/mol. The molecule has 8 heteroatoms. The number of carbonyl (C=O) groups excluding carboxylic acids is 2. The molecule has 1 aromatic rings. The molecule has 0 spiro atoms. The quantitative estimate of drug-likeness (QED) is 0.318. The van der Waals surface area contributed by atoms with E-state index in [0.717, 1.165) is 11.6 Å². The van der Waals surface area contributed by atoms with Gasteiger partial charge in [0.15, 0.2) is 6.10 Å². The molecule has 1 rings (SSSR count). The Labute approximate surface area is 176 Å². The van der Waals surface area contributed by atoms with Crippen molar-refractivity contribution in [2.45, 2.75) is 39.3 Å². The molecule has 1 aromatic carbocycles. The molecule has 0 aliphatic heterocycles. The van der Waals surface area contributed by atoms with Crippen LogP contribution in [0.1, 0.15) is 27.8 Å². The summed E-state index contributed by atoms with van der Waals surface area (Å²) >= 11 is 0. The van der Waals surface area contributed by atoms with Gasteiger partial charge in [0.1, 0.15) is 6.04 Å². The Bertz CT molecular complexity index is 638. The zero-order chi connectivity index (χ0) is 18.8. The maximum atomic E-state index is 11.8. The van der Waals surface area contributed by atoms with Gasteiger partial charge in [-0.1, -0.05) is 30.3 Å². The number of ether oxygens (including phenoxy) is 2. The molecule has 0 aromatic heterocycles. The Kier molecular flexibility index (Phi) is 11.6. The van der Waals surface area contributed by atoms with Crippen LogP contribution in [0, 0.1) is 0 Å². The Balaban J connectivity index is 0. The number of rotatable bonds is 9. The van der Waals surface area contributed by atoms with Gasteiger partial charge in [0.05, 0.1) is 6.61 Å². The second-order valence-electron chi connectivity index (χ2n) is 5.38. The molecule has 0 saturated carbocycles. The smallest absolute Gasteiger partial charge is 1.00 e. The van der Waals surface area contributed by atoms with Crippen molar-refractivity contribution in [3.8, 4) is 0 Å². The zero-order valence-electron chi connectivity index (χ0n) is 16.5. The van der Waals surface area contributed by atoms with Gasteiger partial charge in [0.2, 0.25) is 0 Å². The van der Waals surface area contributed by atoms with E-state index in [1.165, 1.54) is 6.92 Å². The Morgan fingerprint density at radius 2 is 1.88 bits per heavy atom. The van der Waals surface area contributed by atoms with Crippen LogP contribution in [0.5, 0.6) is 0 Å². The number of benzene rings is 1. The largest absolute Gasteiger partial charge is 1.00 e. The first kappa shape index (κ1) is 24.2. The molecule has 26 heavy (non-hydrogen) atoms. The van der Waals surface area contributed by atoms with Crippen molar-refractivity contribution in [3.63, 3.8) is 0 Å². The molecule has 7 nitrogen and oxygen atoms in total. The van der Waals surface area contributed by atoms with Crippen LogP contribution in [0.2, 0.25) is 0 Å². The van der Waals surface area contributed by atoms with Gasteiger partial charge in [0, 0.05) is 18.2 Å². The third-order valence-corrected chi connectivity index (χ3v) is 3.23. The predicted molar refractivity (Wildman–Crippen MR) is 91.8 cm³/mol. The SMILES string of the molecule is CCOC(=O)C(C)OC(=O)/C=C(\C)N[C@@H](Cc1ccccc1)C(=O)O.[H-].[Na+]. The zero-order valence-corrected chi connectivity index (χ0v) is 17.5. The fourth-order valence-electron chi connectivity index (χ4n) is 2.06. The molecule has 0 fully saturated rings. The summed E-state index contributed by atoms with van der Waals surface area (Å²) in [7, 11) is 0. The number of hydrogen-bond acceptors (Lipinski definition) is 6. The summed E-state index contributed by atoms with van der Waals surface area (Å²) in [5, 5.41) is 12.1. The Hall–Kier alpha value is -1.83. The van der Waals surface area contributed by atoms with Crippen LogP contribution < -0.4 is 34.9 Å². The first-order valence-corrected chi connectivity index (χ1v) is 7.92. The second kappa shape index (κ2) is 12.5. The molecule has 0 aliphatic rings. The first-order chi connectivity index (χ1) is 11.8. The van der Waals surface area contributed by atoms with Gasteiger partial charge in [-0.15, -0.1) is 0 Å². The average Bonchev–Trinajstić information content (AvgIpc) is 2.55. The van der Waals surface area contributed by atoms with E-state index in [9.17, 15) is 19.5 Å².